The number of hydrogen-bond donors (Lipinski definition) is 1. The van der Waals surface area contributed by atoms with E-state index in [0.717, 1.165) is 25.7 Å². The van der Waals surface area contributed by atoms with Gasteiger partial charge >= 0.3 is 6.09 Å². The average Bonchev–Trinajstić information content (AvgIpc) is 2.14. The van der Waals surface area contributed by atoms with Crippen molar-refractivity contribution >= 4 is 11.9 Å². The first-order valence-corrected chi connectivity index (χ1v) is 6.35. The maximum atomic E-state index is 11.4. The van der Waals surface area contributed by atoms with Crippen molar-refractivity contribution in [3.05, 3.63) is 0 Å². The van der Waals surface area contributed by atoms with Gasteiger partial charge in [0.1, 0.15) is 11.4 Å². The second-order valence-electron chi connectivity index (χ2n) is 5.72. The van der Waals surface area contributed by atoms with Crippen molar-refractivity contribution in [1.82, 2.24) is 5.32 Å². The quantitative estimate of drug-likeness (QED) is 0.826. The van der Waals surface area contributed by atoms with E-state index in [2.05, 4.69) is 5.32 Å². The second kappa shape index (κ2) is 6.03. The summed E-state index contributed by atoms with van der Waals surface area (Å²) < 4.78 is 5.13. The van der Waals surface area contributed by atoms with Crippen LogP contribution in [0.15, 0.2) is 0 Å². The van der Waals surface area contributed by atoms with Gasteiger partial charge in [-0.1, -0.05) is 0 Å². The standard InChI is InChI=1S/C13H23NO3/c1-13(2,3)17-12(16)14-8-7-10-5-4-6-11(15)9-10/h10H,4-9H2,1-3H3,(H,14,16). The van der Waals surface area contributed by atoms with E-state index < -0.39 is 5.60 Å². The molecule has 0 aliphatic heterocycles. The van der Waals surface area contributed by atoms with Crippen LogP contribution in [-0.2, 0) is 9.53 Å². The summed E-state index contributed by atoms with van der Waals surface area (Å²) in [6, 6.07) is 0. The number of ether oxygens (including phenoxy) is 1. The number of hydrogen-bond acceptors (Lipinski definition) is 3. The molecule has 17 heavy (non-hydrogen) atoms. The maximum absolute atomic E-state index is 11.4. The van der Waals surface area contributed by atoms with Gasteiger partial charge in [-0.25, -0.2) is 4.79 Å². The van der Waals surface area contributed by atoms with Crippen molar-refractivity contribution in [1.29, 1.82) is 0 Å². The number of Topliss-reactive ketones (excluding diaryl/α,β-unsaturated/α-hetero) is 1. The normalized spacial score (nSPS) is 21.1. The van der Waals surface area contributed by atoms with Crippen LogP contribution >= 0.6 is 0 Å². The molecule has 1 amide bonds. The molecule has 0 saturated heterocycles. The van der Waals surface area contributed by atoms with E-state index in [0.29, 0.717) is 24.7 Å². The predicted octanol–water partition coefficient (Wildman–Crippen LogP) is 2.66. The van der Waals surface area contributed by atoms with E-state index in [1.165, 1.54) is 0 Å². The molecule has 1 fully saturated rings. The lowest BCUT2D eigenvalue weighted by atomic mass is 9.86. The average molecular weight is 241 g/mol. The van der Waals surface area contributed by atoms with Crippen molar-refractivity contribution in [3.8, 4) is 0 Å². The summed E-state index contributed by atoms with van der Waals surface area (Å²) in [6.45, 7) is 6.11. The van der Waals surface area contributed by atoms with E-state index in [4.69, 9.17) is 4.74 Å². The lowest BCUT2D eigenvalue weighted by Crippen LogP contribution is -2.33. The predicted molar refractivity (Wildman–Crippen MR) is 65.8 cm³/mol. The summed E-state index contributed by atoms with van der Waals surface area (Å²) in [5.74, 6) is 0.796. The fourth-order valence-electron chi connectivity index (χ4n) is 2.05. The highest BCUT2D eigenvalue weighted by molar-refractivity contribution is 5.79. The molecular formula is C13H23NO3. The van der Waals surface area contributed by atoms with Gasteiger partial charge in [-0.15, -0.1) is 0 Å². The topological polar surface area (TPSA) is 55.4 Å². The highest BCUT2D eigenvalue weighted by Crippen LogP contribution is 2.23. The number of rotatable bonds is 3. The summed E-state index contributed by atoms with van der Waals surface area (Å²) in [5.41, 5.74) is -0.453. The monoisotopic (exact) mass is 241 g/mol. The fourth-order valence-corrected chi connectivity index (χ4v) is 2.05. The van der Waals surface area contributed by atoms with Gasteiger partial charge in [0.05, 0.1) is 0 Å². The molecule has 0 radical (unpaired) electrons. The zero-order valence-electron chi connectivity index (χ0n) is 11.0. The smallest absolute Gasteiger partial charge is 0.407 e. The van der Waals surface area contributed by atoms with Crippen molar-refractivity contribution in [2.24, 2.45) is 5.92 Å². The van der Waals surface area contributed by atoms with Gasteiger partial charge < -0.3 is 10.1 Å². The minimum atomic E-state index is -0.453. The lowest BCUT2D eigenvalue weighted by Gasteiger charge is -2.22. The lowest BCUT2D eigenvalue weighted by molar-refractivity contribution is -0.121. The summed E-state index contributed by atoms with van der Waals surface area (Å²) in [5, 5.41) is 2.73. The van der Waals surface area contributed by atoms with Crippen LogP contribution in [-0.4, -0.2) is 24.0 Å². The second-order valence-corrected chi connectivity index (χ2v) is 5.72. The number of nitrogens with one attached hydrogen (secondary N) is 1. The summed E-state index contributed by atoms with van der Waals surface area (Å²) in [4.78, 5) is 22.6. The summed E-state index contributed by atoms with van der Waals surface area (Å²) >= 11 is 0. The molecule has 1 atom stereocenters. The summed E-state index contributed by atoms with van der Waals surface area (Å²) in [7, 11) is 0. The van der Waals surface area contributed by atoms with E-state index in [-0.39, 0.29) is 6.09 Å². The molecule has 1 N–H and O–H groups in total. The van der Waals surface area contributed by atoms with Crippen LogP contribution in [0.5, 0.6) is 0 Å². The molecule has 1 rings (SSSR count). The SMILES string of the molecule is CC(C)(C)OC(=O)NCCC1CCCC(=O)C1. The van der Waals surface area contributed by atoms with Gasteiger partial charge in [0.25, 0.3) is 0 Å². The van der Waals surface area contributed by atoms with Crippen LogP contribution < -0.4 is 5.32 Å². The Bertz CT molecular complexity index is 281. The minimum absolute atomic E-state index is 0.360. The molecule has 1 aliphatic carbocycles. The third-order valence-electron chi connectivity index (χ3n) is 2.81. The van der Waals surface area contributed by atoms with Gasteiger partial charge in [0.15, 0.2) is 0 Å². The molecule has 0 aromatic heterocycles. The number of ketones is 1. The van der Waals surface area contributed by atoms with Crippen LogP contribution in [0.3, 0.4) is 0 Å². The fraction of sp³-hybridized carbons (Fsp3) is 0.846. The van der Waals surface area contributed by atoms with Gasteiger partial charge in [0, 0.05) is 19.4 Å². The van der Waals surface area contributed by atoms with Crippen LogP contribution in [0.4, 0.5) is 4.79 Å². The Morgan fingerprint density at radius 3 is 2.76 bits per heavy atom. The van der Waals surface area contributed by atoms with Gasteiger partial charge in [-0.05, 0) is 46.0 Å². The number of carbonyl (C=O) groups excluding carboxylic acids is 2. The molecule has 4 heteroatoms. The van der Waals surface area contributed by atoms with Crippen molar-refractivity contribution in [3.63, 3.8) is 0 Å². The van der Waals surface area contributed by atoms with Crippen LogP contribution in [0, 0.1) is 5.92 Å². The van der Waals surface area contributed by atoms with Crippen LogP contribution in [0.2, 0.25) is 0 Å². The third kappa shape index (κ3) is 6.29. The van der Waals surface area contributed by atoms with Crippen molar-refractivity contribution < 1.29 is 14.3 Å². The molecule has 4 nitrogen and oxygen atoms in total. The molecule has 0 bridgehead atoms. The van der Waals surface area contributed by atoms with E-state index >= 15 is 0 Å². The van der Waals surface area contributed by atoms with Gasteiger partial charge in [-0.3, -0.25) is 4.79 Å². The Balaban J connectivity index is 2.15. The minimum Gasteiger partial charge on any atom is -0.444 e. The first-order valence-electron chi connectivity index (χ1n) is 6.35. The number of carbonyl (C=O) groups is 2. The maximum Gasteiger partial charge on any atom is 0.407 e. The highest BCUT2D eigenvalue weighted by Gasteiger charge is 2.20. The van der Waals surface area contributed by atoms with E-state index in [9.17, 15) is 9.59 Å². The Morgan fingerprint density at radius 2 is 2.18 bits per heavy atom. The molecular weight excluding hydrogens is 218 g/mol. The van der Waals surface area contributed by atoms with Crippen molar-refractivity contribution in [2.45, 2.75) is 58.5 Å². The molecule has 1 saturated carbocycles. The zero-order chi connectivity index (χ0) is 12.9. The van der Waals surface area contributed by atoms with E-state index in [1.54, 1.807) is 0 Å². The molecule has 0 aromatic rings. The molecule has 0 spiro atoms. The van der Waals surface area contributed by atoms with E-state index in [1.807, 2.05) is 20.8 Å². The zero-order valence-corrected chi connectivity index (χ0v) is 11.0. The van der Waals surface area contributed by atoms with Gasteiger partial charge in [0.2, 0.25) is 0 Å². The largest absolute Gasteiger partial charge is 0.444 e. The van der Waals surface area contributed by atoms with Gasteiger partial charge in [-0.2, -0.15) is 0 Å². The summed E-state index contributed by atoms with van der Waals surface area (Å²) in [6.07, 6.45) is 3.99. The molecule has 0 aromatic carbocycles. The van der Waals surface area contributed by atoms with Crippen molar-refractivity contribution in [2.75, 3.05) is 6.54 Å². The Morgan fingerprint density at radius 1 is 1.47 bits per heavy atom. The number of amides is 1. The third-order valence-corrected chi connectivity index (χ3v) is 2.81. The van der Waals surface area contributed by atoms with Crippen LogP contribution in [0.1, 0.15) is 52.9 Å². The number of alkyl carbamates (subject to hydrolysis) is 1. The Kier molecular flexibility index (Phi) is 4.97. The first-order chi connectivity index (χ1) is 7.87. The Labute approximate surface area is 103 Å². The molecule has 1 unspecified atom stereocenters. The highest BCUT2D eigenvalue weighted by atomic mass is 16.6. The van der Waals surface area contributed by atoms with Crippen LogP contribution in [0.25, 0.3) is 0 Å². The Hall–Kier alpha value is -1.06. The first kappa shape index (κ1) is 14.0. The molecule has 0 heterocycles. The molecule has 1 aliphatic rings. The molecule has 98 valence electrons.